The topological polar surface area (TPSA) is 70.2 Å². The maximum atomic E-state index is 12.4. The Labute approximate surface area is 177 Å². The van der Waals surface area contributed by atoms with Crippen molar-refractivity contribution in [3.8, 4) is 0 Å². The van der Waals surface area contributed by atoms with Crippen molar-refractivity contribution in [2.75, 3.05) is 31.6 Å². The SMILES string of the molecule is CC(C)c1ccc(CCC(=O)Nc2ccc3nc(CN4CCOCC4)[nH]c3c2)cc1. The summed E-state index contributed by atoms with van der Waals surface area (Å²) in [7, 11) is 0. The van der Waals surface area contributed by atoms with Crippen LogP contribution in [0.1, 0.15) is 43.1 Å². The van der Waals surface area contributed by atoms with Crippen LogP contribution < -0.4 is 5.32 Å². The van der Waals surface area contributed by atoms with Crippen LogP contribution in [-0.4, -0.2) is 47.1 Å². The molecule has 0 aliphatic carbocycles. The Kier molecular flexibility index (Phi) is 6.45. The summed E-state index contributed by atoms with van der Waals surface area (Å²) in [5.74, 6) is 1.49. The Morgan fingerprint density at radius 2 is 1.93 bits per heavy atom. The molecule has 1 aliphatic rings. The van der Waals surface area contributed by atoms with Crippen molar-refractivity contribution in [2.45, 2.75) is 39.2 Å². The van der Waals surface area contributed by atoms with Gasteiger partial charge in [-0.1, -0.05) is 38.1 Å². The molecule has 1 saturated heterocycles. The second-order valence-corrected chi connectivity index (χ2v) is 8.25. The van der Waals surface area contributed by atoms with Gasteiger partial charge >= 0.3 is 0 Å². The summed E-state index contributed by atoms with van der Waals surface area (Å²) in [5.41, 5.74) is 5.17. The highest BCUT2D eigenvalue weighted by molar-refractivity contribution is 5.93. The van der Waals surface area contributed by atoms with Crippen LogP contribution in [-0.2, 0) is 22.5 Å². The molecule has 1 fully saturated rings. The van der Waals surface area contributed by atoms with E-state index < -0.39 is 0 Å². The number of anilines is 1. The van der Waals surface area contributed by atoms with Gasteiger partial charge in [-0.05, 0) is 41.7 Å². The number of rotatable bonds is 7. The highest BCUT2D eigenvalue weighted by Gasteiger charge is 2.13. The van der Waals surface area contributed by atoms with E-state index in [0.717, 1.165) is 61.8 Å². The molecule has 30 heavy (non-hydrogen) atoms. The number of ether oxygens (including phenoxy) is 1. The molecular weight excluding hydrogens is 376 g/mol. The number of aromatic amines is 1. The van der Waals surface area contributed by atoms with E-state index in [1.165, 1.54) is 11.1 Å². The van der Waals surface area contributed by atoms with Gasteiger partial charge in [0.1, 0.15) is 5.82 Å². The Hall–Kier alpha value is -2.70. The maximum Gasteiger partial charge on any atom is 0.224 e. The number of hydrogen-bond donors (Lipinski definition) is 2. The minimum atomic E-state index is 0.0235. The largest absolute Gasteiger partial charge is 0.379 e. The molecule has 0 spiro atoms. The number of amides is 1. The number of nitrogens with one attached hydrogen (secondary N) is 2. The molecule has 2 N–H and O–H groups in total. The van der Waals surface area contributed by atoms with E-state index in [4.69, 9.17) is 4.74 Å². The van der Waals surface area contributed by atoms with Crippen molar-refractivity contribution in [1.29, 1.82) is 0 Å². The number of benzene rings is 2. The van der Waals surface area contributed by atoms with Crippen molar-refractivity contribution in [1.82, 2.24) is 14.9 Å². The molecule has 0 radical (unpaired) electrons. The predicted octanol–water partition coefficient (Wildman–Crippen LogP) is 4.09. The zero-order valence-corrected chi connectivity index (χ0v) is 17.8. The summed E-state index contributed by atoms with van der Waals surface area (Å²) in [6, 6.07) is 14.4. The number of carbonyl (C=O) groups is 1. The Bertz CT molecular complexity index is 988. The lowest BCUT2D eigenvalue weighted by Crippen LogP contribution is -2.35. The van der Waals surface area contributed by atoms with Crippen LogP contribution in [0, 0.1) is 0 Å². The van der Waals surface area contributed by atoms with E-state index in [1.807, 2.05) is 18.2 Å². The van der Waals surface area contributed by atoms with Crippen LogP contribution in [0.5, 0.6) is 0 Å². The summed E-state index contributed by atoms with van der Waals surface area (Å²) in [4.78, 5) is 22.8. The Morgan fingerprint density at radius 1 is 1.17 bits per heavy atom. The zero-order chi connectivity index (χ0) is 20.9. The van der Waals surface area contributed by atoms with Crippen molar-refractivity contribution in [3.05, 3.63) is 59.4 Å². The number of imidazole rings is 1. The average molecular weight is 407 g/mol. The summed E-state index contributed by atoms with van der Waals surface area (Å²) >= 11 is 0. The third-order valence-corrected chi connectivity index (χ3v) is 5.58. The first kappa shape index (κ1) is 20.6. The summed E-state index contributed by atoms with van der Waals surface area (Å²) in [6.07, 6.45) is 1.20. The molecular formula is C24H30N4O2. The third-order valence-electron chi connectivity index (χ3n) is 5.58. The molecule has 0 atom stereocenters. The smallest absolute Gasteiger partial charge is 0.224 e. The van der Waals surface area contributed by atoms with Crippen molar-refractivity contribution >= 4 is 22.6 Å². The van der Waals surface area contributed by atoms with E-state index in [2.05, 4.69) is 58.3 Å². The fourth-order valence-corrected chi connectivity index (χ4v) is 3.74. The van der Waals surface area contributed by atoms with Crippen molar-refractivity contribution in [3.63, 3.8) is 0 Å². The number of nitrogens with zero attached hydrogens (tertiary/aromatic N) is 2. The van der Waals surface area contributed by atoms with E-state index in [0.29, 0.717) is 12.3 Å². The zero-order valence-electron chi connectivity index (χ0n) is 17.8. The first-order valence-electron chi connectivity index (χ1n) is 10.7. The lowest BCUT2D eigenvalue weighted by molar-refractivity contribution is -0.116. The number of aryl methyl sites for hydroxylation is 1. The van der Waals surface area contributed by atoms with Crippen LogP contribution >= 0.6 is 0 Å². The first-order chi connectivity index (χ1) is 14.6. The fourth-order valence-electron chi connectivity index (χ4n) is 3.74. The van der Waals surface area contributed by atoms with Gasteiger partial charge in [-0.25, -0.2) is 4.98 Å². The number of morpholine rings is 1. The molecule has 0 bridgehead atoms. The van der Waals surface area contributed by atoms with Gasteiger partial charge in [0.25, 0.3) is 0 Å². The molecule has 6 heteroatoms. The molecule has 1 aliphatic heterocycles. The fraction of sp³-hybridized carbons (Fsp3) is 0.417. The van der Waals surface area contributed by atoms with E-state index in [9.17, 15) is 4.79 Å². The number of aromatic nitrogens is 2. The molecule has 6 nitrogen and oxygen atoms in total. The Morgan fingerprint density at radius 3 is 2.67 bits per heavy atom. The molecule has 1 amide bonds. The summed E-state index contributed by atoms with van der Waals surface area (Å²) < 4.78 is 5.40. The van der Waals surface area contributed by atoms with Crippen LogP contribution in [0.4, 0.5) is 5.69 Å². The van der Waals surface area contributed by atoms with Crippen LogP contribution in [0.3, 0.4) is 0 Å². The highest BCUT2D eigenvalue weighted by atomic mass is 16.5. The van der Waals surface area contributed by atoms with Crippen LogP contribution in [0.25, 0.3) is 11.0 Å². The van der Waals surface area contributed by atoms with Gasteiger partial charge in [-0.2, -0.15) is 0 Å². The second kappa shape index (κ2) is 9.41. The van der Waals surface area contributed by atoms with Crippen molar-refractivity contribution in [2.24, 2.45) is 0 Å². The van der Waals surface area contributed by atoms with Gasteiger partial charge in [0.2, 0.25) is 5.91 Å². The molecule has 158 valence electrons. The average Bonchev–Trinajstić information content (AvgIpc) is 3.14. The number of H-pyrrole nitrogens is 1. The minimum absolute atomic E-state index is 0.0235. The van der Waals surface area contributed by atoms with Gasteiger partial charge in [-0.3, -0.25) is 9.69 Å². The second-order valence-electron chi connectivity index (χ2n) is 8.25. The molecule has 2 aromatic carbocycles. The quantitative estimate of drug-likeness (QED) is 0.620. The lowest BCUT2D eigenvalue weighted by Gasteiger charge is -2.25. The monoisotopic (exact) mass is 406 g/mol. The minimum Gasteiger partial charge on any atom is -0.379 e. The molecule has 3 aromatic rings. The highest BCUT2D eigenvalue weighted by Crippen LogP contribution is 2.19. The predicted molar refractivity (Wildman–Crippen MR) is 120 cm³/mol. The molecule has 1 aromatic heterocycles. The normalized spacial score (nSPS) is 15.0. The van der Waals surface area contributed by atoms with E-state index in [-0.39, 0.29) is 5.91 Å². The molecule has 0 saturated carbocycles. The van der Waals surface area contributed by atoms with E-state index in [1.54, 1.807) is 0 Å². The molecule has 2 heterocycles. The maximum absolute atomic E-state index is 12.4. The number of fused-ring (bicyclic) bond motifs is 1. The molecule has 4 rings (SSSR count). The lowest BCUT2D eigenvalue weighted by atomic mass is 10.0. The van der Waals surface area contributed by atoms with Gasteiger partial charge in [0, 0.05) is 25.2 Å². The van der Waals surface area contributed by atoms with Gasteiger partial charge in [0.05, 0.1) is 30.8 Å². The third kappa shape index (κ3) is 5.26. The number of hydrogen-bond acceptors (Lipinski definition) is 4. The first-order valence-corrected chi connectivity index (χ1v) is 10.7. The van der Waals surface area contributed by atoms with Crippen molar-refractivity contribution < 1.29 is 9.53 Å². The van der Waals surface area contributed by atoms with Gasteiger partial charge in [-0.15, -0.1) is 0 Å². The Balaban J connectivity index is 1.33. The molecule has 0 unspecified atom stereocenters. The van der Waals surface area contributed by atoms with Gasteiger partial charge in [0.15, 0.2) is 0 Å². The standard InChI is InChI=1S/C24H30N4O2/c1-17(2)19-6-3-18(4-7-19)5-10-24(29)25-20-8-9-21-22(15-20)27-23(26-21)16-28-11-13-30-14-12-28/h3-4,6-9,15,17H,5,10-14,16H2,1-2H3,(H,25,29)(H,26,27). The summed E-state index contributed by atoms with van der Waals surface area (Å²) in [6.45, 7) is 8.57. The van der Waals surface area contributed by atoms with E-state index >= 15 is 0 Å². The number of carbonyl (C=O) groups excluding carboxylic acids is 1. The van der Waals surface area contributed by atoms with Crippen LogP contribution in [0.15, 0.2) is 42.5 Å². The summed E-state index contributed by atoms with van der Waals surface area (Å²) in [5, 5.41) is 3.01. The van der Waals surface area contributed by atoms with Crippen LogP contribution in [0.2, 0.25) is 0 Å². The van der Waals surface area contributed by atoms with Gasteiger partial charge < -0.3 is 15.0 Å².